The zero-order valence-electron chi connectivity index (χ0n) is 19.2. The minimum atomic E-state index is 0.218. The number of rotatable bonds is 8. The summed E-state index contributed by atoms with van der Waals surface area (Å²) in [5.41, 5.74) is 12.7. The Kier molecular flexibility index (Phi) is 12.5. The maximum atomic E-state index is 8.49. The van der Waals surface area contributed by atoms with Gasteiger partial charge in [-0.3, -0.25) is 16.4 Å². The number of fused-ring (bicyclic) bond motifs is 1. The molecule has 0 fully saturated rings. The van der Waals surface area contributed by atoms with Crippen LogP contribution in [-0.4, -0.2) is 16.9 Å². The van der Waals surface area contributed by atoms with Crippen molar-refractivity contribution in [2.75, 3.05) is 6.73 Å². The molecule has 3 aromatic rings. The number of aromatic nitrogens is 1. The van der Waals surface area contributed by atoms with E-state index in [1.54, 1.807) is 6.08 Å². The van der Waals surface area contributed by atoms with Crippen LogP contribution in [-0.2, 0) is 12.8 Å². The van der Waals surface area contributed by atoms with E-state index < -0.39 is 0 Å². The zero-order chi connectivity index (χ0) is 23.1. The fourth-order valence-corrected chi connectivity index (χ4v) is 2.99. The van der Waals surface area contributed by atoms with Gasteiger partial charge in [0.2, 0.25) is 0 Å². The number of nitrogens with two attached hydrogens (primary N) is 1. The Morgan fingerprint density at radius 3 is 2.45 bits per heavy atom. The average Bonchev–Trinajstić information content (AvgIpc) is 3.24. The first-order valence-corrected chi connectivity index (χ1v) is 10.9. The van der Waals surface area contributed by atoms with E-state index in [0.717, 1.165) is 36.1 Å². The number of aryl methyl sites for hydroxylation is 2. The van der Waals surface area contributed by atoms with Gasteiger partial charge in [0, 0.05) is 17.1 Å². The van der Waals surface area contributed by atoms with Gasteiger partial charge in [-0.05, 0) is 47.7 Å². The molecule has 0 spiro atoms. The first-order chi connectivity index (χ1) is 15.1. The van der Waals surface area contributed by atoms with Crippen molar-refractivity contribution in [1.29, 1.82) is 0 Å². The molecular weight excluding hydrogens is 386 g/mol. The van der Waals surface area contributed by atoms with Crippen LogP contribution in [0.5, 0.6) is 5.75 Å². The van der Waals surface area contributed by atoms with Gasteiger partial charge in [0.05, 0.1) is 5.70 Å². The molecule has 0 unspecified atom stereocenters. The van der Waals surface area contributed by atoms with Crippen LogP contribution in [0.2, 0.25) is 0 Å². The van der Waals surface area contributed by atoms with Crippen molar-refractivity contribution in [3.8, 4) is 5.75 Å². The molecule has 0 bridgehead atoms. The predicted octanol–water partition coefficient (Wildman–Crippen LogP) is 6.20. The van der Waals surface area contributed by atoms with Gasteiger partial charge in [-0.1, -0.05) is 77.1 Å². The van der Waals surface area contributed by atoms with E-state index >= 15 is 0 Å². The highest BCUT2D eigenvalue weighted by Crippen LogP contribution is 2.29. The SMILES string of the molecule is C=C(/C=C/c1ccc(CC)cc1)NO.CC.CCCc1c[nH]c2cccc(OCN)c12. The van der Waals surface area contributed by atoms with Crippen LogP contribution in [0.15, 0.2) is 67.0 Å². The highest BCUT2D eigenvalue weighted by molar-refractivity contribution is 5.89. The average molecular weight is 424 g/mol. The number of H-pyrrole nitrogens is 1. The summed E-state index contributed by atoms with van der Waals surface area (Å²) in [4.78, 5) is 3.25. The summed E-state index contributed by atoms with van der Waals surface area (Å²) >= 11 is 0. The van der Waals surface area contributed by atoms with E-state index in [1.165, 1.54) is 16.5 Å². The molecule has 0 aliphatic rings. The topological polar surface area (TPSA) is 83.3 Å². The lowest BCUT2D eigenvalue weighted by atomic mass is 10.1. The lowest BCUT2D eigenvalue weighted by molar-refractivity contribution is 0.205. The molecule has 1 aromatic heterocycles. The Morgan fingerprint density at radius 2 is 1.87 bits per heavy atom. The van der Waals surface area contributed by atoms with Crippen LogP contribution in [0.25, 0.3) is 17.0 Å². The lowest BCUT2D eigenvalue weighted by Gasteiger charge is -2.05. The highest BCUT2D eigenvalue weighted by atomic mass is 16.5. The first kappa shape index (κ1) is 26.0. The van der Waals surface area contributed by atoms with Gasteiger partial charge >= 0.3 is 0 Å². The molecule has 5 heteroatoms. The molecule has 0 saturated heterocycles. The molecule has 168 valence electrons. The van der Waals surface area contributed by atoms with Gasteiger partial charge in [0.1, 0.15) is 12.5 Å². The Labute approximate surface area is 186 Å². The quantitative estimate of drug-likeness (QED) is 0.198. The second kappa shape index (κ2) is 14.9. The van der Waals surface area contributed by atoms with Crippen molar-refractivity contribution in [2.45, 2.75) is 47.0 Å². The molecule has 3 rings (SSSR count). The Hall–Kier alpha value is -3.02. The van der Waals surface area contributed by atoms with Crippen molar-refractivity contribution in [3.63, 3.8) is 0 Å². The number of nitrogens with one attached hydrogen (secondary N) is 2. The van der Waals surface area contributed by atoms with Gasteiger partial charge in [0.25, 0.3) is 0 Å². The molecular formula is C26H37N3O2. The zero-order valence-corrected chi connectivity index (χ0v) is 19.2. The molecule has 0 atom stereocenters. The molecule has 0 aliphatic carbocycles. The van der Waals surface area contributed by atoms with Crippen molar-refractivity contribution in [2.24, 2.45) is 5.73 Å². The van der Waals surface area contributed by atoms with Gasteiger partial charge in [-0.25, -0.2) is 0 Å². The lowest BCUT2D eigenvalue weighted by Crippen LogP contribution is -2.07. The summed E-state index contributed by atoms with van der Waals surface area (Å²) in [5.74, 6) is 0.875. The fourth-order valence-electron chi connectivity index (χ4n) is 2.99. The minimum Gasteiger partial charge on any atom is -0.478 e. The first-order valence-electron chi connectivity index (χ1n) is 10.9. The molecule has 31 heavy (non-hydrogen) atoms. The maximum absolute atomic E-state index is 8.49. The number of allylic oxidation sites excluding steroid dienone is 1. The Bertz CT molecular complexity index is 927. The summed E-state index contributed by atoms with van der Waals surface area (Å²) in [5, 5.41) is 9.67. The van der Waals surface area contributed by atoms with Crippen LogP contribution in [0.4, 0.5) is 0 Å². The van der Waals surface area contributed by atoms with E-state index in [1.807, 2.05) is 49.7 Å². The molecule has 0 radical (unpaired) electrons. The van der Waals surface area contributed by atoms with E-state index in [0.29, 0.717) is 5.70 Å². The van der Waals surface area contributed by atoms with Crippen molar-refractivity contribution in [1.82, 2.24) is 10.5 Å². The highest BCUT2D eigenvalue weighted by Gasteiger charge is 2.08. The Morgan fingerprint density at radius 1 is 1.16 bits per heavy atom. The second-order valence-electron chi connectivity index (χ2n) is 6.62. The smallest absolute Gasteiger partial charge is 0.137 e. The summed E-state index contributed by atoms with van der Waals surface area (Å²) < 4.78 is 5.42. The summed E-state index contributed by atoms with van der Waals surface area (Å²) in [6.07, 6.45) is 8.91. The van der Waals surface area contributed by atoms with Crippen molar-refractivity contribution in [3.05, 3.63) is 83.7 Å². The molecule has 0 aliphatic heterocycles. The van der Waals surface area contributed by atoms with Crippen molar-refractivity contribution >= 4 is 17.0 Å². The summed E-state index contributed by atoms with van der Waals surface area (Å²) in [7, 11) is 0. The van der Waals surface area contributed by atoms with E-state index in [-0.39, 0.29) is 6.73 Å². The summed E-state index contributed by atoms with van der Waals surface area (Å²) in [6, 6.07) is 14.3. The number of aromatic amines is 1. The van der Waals surface area contributed by atoms with Crippen molar-refractivity contribution < 1.29 is 9.94 Å². The largest absolute Gasteiger partial charge is 0.478 e. The number of hydrogen-bond donors (Lipinski definition) is 4. The van der Waals surface area contributed by atoms with Crippen LogP contribution < -0.4 is 16.0 Å². The van der Waals surface area contributed by atoms with E-state index in [2.05, 4.69) is 49.8 Å². The molecule has 5 nitrogen and oxygen atoms in total. The van der Waals surface area contributed by atoms with Crippen LogP contribution >= 0.6 is 0 Å². The number of hydrogen-bond acceptors (Lipinski definition) is 4. The standard InChI is InChI=1S/C12H16N2O.C12H15NO.C2H6/c1-2-4-9-7-14-10-5-3-6-11(12(9)10)15-8-13;1-3-11-6-8-12(9-7-11)5-4-10(2)13-14;1-2/h3,5-7,14H,2,4,8,13H2,1H3;4-9,13-14H,2-3H2,1H3;1-2H3/b;5-4+;. The van der Waals surface area contributed by atoms with Crippen LogP contribution in [0, 0.1) is 0 Å². The van der Waals surface area contributed by atoms with Crippen LogP contribution in [0.1, 0.15) is 50.8 Å². The second-order valence-corrected chi connectivity index (χ2v) is 6.62. The molecule has 0 amide bonds. The van der Waals surface area contributed by atoms with Gasteiger partial charge in [-0.2, -0.15) is 0 Å². The van der Waals surface area contributed by atoms with Gasteiger partial charge in [-0.15, -0.1) is 0 Å². The van der Waals surface area contributed by atoms with Gasteiger partial charge < -0.3 is 9.72 Å². The number of hydroxylamine groups is 1. The predicted molar refractivity (Wildman–Crippen MR) is 132 cm³/mol. The third-order valence-electron chi connectivity index (χ3n) is 4.52. The monoisotopic (exact) mass is 423 g/mol. The molecule has 1 heterocycles. The molecule has 2 aromatic carbocycles. The van der Waals surface area contributed by atoms with Gasteiger partial charge in [0.15, 0.2) is 0 Å². The van der Waals surface area contributed by atoms with E-state index in [9.17, 15) is 0 Å². The normalized spacial score (nSPS) is 10.1. The summed E-state index contributed by atoms with van der Waals surface area (Å²) in [6.45, 7) is 12.1. The fraction of sp³-hybridized carbons (Fsp3) is 0.308. The third kappa shape index (κ3) is 8.32. The molecule has 5 N–H and O–H groups in total. The van der Waals surface area contributed by atoms with E-state index in [4.69, 9.17) is 15.7 Å². The Balaban J connectivity index is 0.000000288. The number of benzene rings is 2. The van der Waals surface area contributed by atoms with Crippen LogP contribution in [0.3, 0.4) is 0 Å². The minimum absolute atomic E-state index is 0.218. The third-order valence-corrected chi connectivity index (χ3v) is 4.52. The molecule has 0 saturated carbocycles. The maximum Gasteiger partial charge on any atom is 0.137 e. The number of ether oxygens (including phenoxy) is 1.